The van der Waals surface area contributed by atoms with E-state index in [1.54, 1.807) is 11.3 Å². The molecule has 0 saturated heterocycles. The van der Waals surface area contributed by atoms with Gasteiger partial charge < -0.3 is 10.6 Å². The number of nitrogens with zero attached hydrogens (tertiary/aromatic N) is 1. The second-order valence-electron chi connectivity index (χ2n) is 10.4. The van der Waals surface area contributed by atoms with Crippen LogP contribution in [0.1, 0.15) is 72.3 Å². The third kappa shape index (κ3) is 6.14. The van der Waals surface area contributed by atoms with Gasteiger partial charge in [0.05, 0.1) is 5.56 Å². The summed E-state index contributed by atoms with van der Waals surface area (Å²) in [6, 6.07) is 19.8. The fourth-order valence-electron chi connectivity index (χ4n) is 5.43. The Morgan fingerprint density at radius 1 is 1.03 bits per heavy atom. The third-order valence-corrected chi connectivity index (χ3v) is 9.95. The molecule has 38 heavy (non-hydrogen) atoms. The largest absolute Gasteiger partial charge is 0.326 e. The molecule has 196 valence electrons. The molecule has 0 bridgehead atoms. The van der Waals surface area contributed by atoms with Crippen molar-refractivity contribution < 1.29 is 9.59 Å². The van der Waals surface area contributed by atoms with Crippen molar-refractivity contribution in [3.8, 4) is 6.07 Å². The summed E-state index contributed by atoms with van der Waals surface area (Å²) in [5, 5.41) is 16.2. The molecule has 1 heterocycles. The second-order valence-corrected chi connectivity index (χ2v) is 12.7. The molecule has 2 aromatic carbocycles. The van der Waals surface area contributed by atoms with Gasteiger partial charge in [-0.1, -0.05) is 62.6 Å². The fraction of sp³-hybridized carbons (Fsp3) is 0.387. The van der Waals surface area contributed by atoms with Crippen molar-refractivity contribution in [2.24, 2.45) is 11.8 Å². The summed E-state index contributed by atoms with van der Waals surface area (Å²) >= 11 is 3.00. The van der Waals surface area contributed by atoms with Crippen molar-refractivity contribution in [2.75, 3.05) is 10.6 Å². The minimum Gasteiger partial charge on any atom is -0.326 e. The Bertz CT molecular complexity index is 1340. The standard InChI is InChI=1S/C31H33N3O2S2/c1-20-15-16-25-26(19-32)31(38-27(25)17-20)34-30(36)28(21-9-4-2-5-10-21)37-24-14-8-13-23(18-24)33-29(35)22-11-6-3-7-12-22/h2,4-5,8-10,13-14,18,20,22,28H,3,6-7,11-12,15-17H2,1H3,(H,33,35)(H,34,36). The Kier molecular flexibility index (Phi) is 8.51. The normalized spacial score (nSPS) is 18.2. The minimum absolute atomic E-state index is 0.0804. The summed E-state index contributed by atoms with van der Waals surface area (Å²) < 4.78 is 0. The third-order valence-electron chi connectivity index (χ3n) is 7.53. The highest BCUT2D eigenvalue weighted by Crippen LogP contribution is 2.42. The lowest BCUT2D eigenvalue weighted by molar-refractivity contribution is -0.120. The summed E-state index contributed by atoms with van der Waals surface area (Å²) in [7, 11) is 0. The zero-order chi connectivity index (χ0) is 26.5. The number of rotatable bonds is 7. The molecule has 5 rings (SSSR count). The number of carbonyl (C=O) groups is 2. The van der Waals surface area contributed by atoms with Crippen molar-refractivity contribution in [3.63, 3.8) is 0 Å². The molecule has 2 atom stereocenters. The predicted molar refractivity (Wildman–Crippen MR) is 156 cm³/mol. The molecule has 0 radical (unpaired) electrons. The number of amides is 2. The van der Waals surface area contributed by atoms with Crippen LogP contribution < -0.4 is 10.6 Å². The Morgan fingerprint density at radius 3 is 2.58 bits per heavy atom. The maximum Gasteiger partial charge on any atom is 0.243 e. The van der Waals surface area contributed by atoms with Crippen LogP contribution in [0, 0.1) is 23.2 Å². The van der Waals surface area contributed by atoms with Crippen LogP contribution in [0.2, 0.25) is 0 Å². The van der Waals surface area contributed by atoms with Gasteiger partial charge in [-0.25, -0.2) is 0 Å². The zero-order valence-electron chi connectivity index (χ0n) is 21.7. The molecule has 2 unspecified atom stereocenters. The van der Waals surface area contributed by atoms with E-state index >= 15 is 0 Å². The average molecular weight is 544 g/mol. The van der Waals surface area contributed by atoms with E-state index in [0.717, 1.165) is 66.7 Å². The van der Waals surface area contributed by atoms with E-state index in [1.807, 2.05) is 54.6 Å². The number of benzene rings is 2. The monoisotopic (exact) mass is 543 g/mol. The van der Waals surface area contributed by atoms with Crippen molar-refractivity contribution in [1.82, 2.24) is 0 Å². The number of fused-ring (bicyclic) bond motifs is 1. The number of thiophene rings is 1. The van der Waals surface area contributed by atoms with E-state index in [9.17, 15) is 14.9 Å². The van der Waals surface area contributed by atoms with Gasteiger partial charge >= 0.3 is 0 Å². The molecule has 7 heteroatoms. The van der Waals surface area contributed by atoms with Gasteiger partial charge in [-0.05, 0) is 67.3 Å². The van der Waals surface area contributed by atoms with Crippen LogP contribution in [0.25, 0.3) is 0 Å². The molecule has 0 aliphatic heterocycles. The highest BCUT2D eigenvalue weighted by molar-refractivity contribution is 8.00. The predicted octanol–water partition coefficient (Wildman–Crippen LogP) is 7.74. The van der Waals surface area contributed by atoms with Gasteiger partial charge in [0, 0.05) is 21.4 Å². The summed E-state index contributed by atoms with van der Waals surface area (Å²) in [4.78, 5) is 28.6. The van der Waals surface area contributed by atoms with Gasteiger partial charge in [0.2, 0.25) is 11.8 Å². The number of nitrogens with one attached hydrogen (secondary N) is 2. The molecule has 5 nitrogen and oxygen atoms in total. The summed E-state index contributed by atoms with van der Waals surface area (Å²) in [6.45, 7) is 2.24. The maximum atomic E-state index is 13.7. The molecular weight excluding hydrogens is 510 g/mol. The lowest BCUT2D eigenvalue weighted by Crippen LogP contribution is -2.24. The lowest BCUT2D eigenvalue weighted by atomic mass is 9.88. The van der Waals surface area contributed by atoms with Gasteiger partial charge in [0.1, 0.15) is 16.3 Å². The van der Waals surface area contributed by atoms with Crippen molar-refractivity contribution in [1.29, 1.82) is 5.26 Å². The first-order valence-corrected chi connectivity index (χ1v) is 15.2. The van der Waals surface area contributed by atoms with E-state index < -0.39 is 5.25 Å². The number of hydrogen-bond acceptors (Lipinski definition) is 5. The Morgan fingerprint density at radius 2 is 1.82 bits per heavy atom. The highest BCUT2D eigenvalue weighted by Gasteiger charge is 2.28. The first kappa shape index (κ1) is 26.5. The molecule has 1 saturated carbocycles. The SMILES string of the molecule is CC1CCc2c(sc(NC(=O)C(Sc3cccc(NC(=O)C4CCCCC4)c3)c3ccccc3)c2C#N)C1. The number of thioether (sulfide) groups is 1. The Labute approximate surface area is 233 Å². The van der Waals surface area contributed by atoms with Crippen LogP contribution in [0.4, 0.5) is 10.7 Å². The molecule has 2 amide bonds. The van der Waals surface area contributed by atoms with E-state index in [1.165, 1.54) is 23.1 Å². The summed E-state index contributed by atoms with van der Waals surface area (Å²) in [5.41, 5.74) is 3.37. The van der Waals surface area contributed by atoms with E-state index in [0.29, 0.717) is 16.5 Å². The first-order chi connectivity index (χ1) is 18.5. The minimum atomic E-state index is -0.509. The zero-order valence-corrected chi connectivity index (χ0v) is 23.3. The molecule has 1 aromatic heterocycles. The Balaban J connectivity index is 1.36. The van der Waals surface area contributed by atoms with Gasteiger partial charge in [-0.15, -0.1) is 23.1 Å². The molecule has 2 N–H and O–H groups in total. The maximum absolute atomic E-state index is 13.7. The number of nitriles is 1. The van der Waals surface area contributed by atoms with Gasteiger partial charge in [0.25, 0.3) is 0 Å². The van der Waals surface area contributed by atoms with Gasteiger partial charge in [-0.2, -0.15) is 5.26 Å². The lowest BCUT2D eigenvalue weighted by Gasteiger charge is -2.21. The van der Waals surface area contributed by atoms with Crippen LogP contribution in [0.3, 0.4) is 0 Å². The molecule has 1 fully saturated rings. The van der Waals surface area contributed by atoms with Crippen LogP contribution in [0.5, 0.6) is 0 Å². The summed E-state index contributed by atoms with van der Waals surface area (Å²) in [5.74, 6) is 0.608. The van der Waals surface area contributed by atoms with Gasteiger partial charge in [-0.3, -0.25) is 9.59 Å². The second kappa shape index (κ2) is 12.2. The van der Waals surface area contributed by atoms with Crippen molar-refractivity contribution in [2.45, 2.75) is 68.4 Å². The summed E-state index contributed by atoms with van der Waals surface area (Å²) in [6.07, 6.45) is 8.26. The van der Waals surface area contributed by atoms with E-state index in [-0.39, 0.29) is 17.7 Å². The average Bonchev–Trinajstić information content (AvgIpc) is 3.28. The highest BCUT2D eigenvalue weighted by atomic mass is 32.2. The fourth-order valence-corrected chi connectivity index (χ4v) is 7.88. The first-order valence-electron chi connectivity index (χ1n) is 13.5. The molecule has 2 aliphatic carbocycles. The van der Waals surface area contributed by atoms with Crippen LogP contribution in [-0.4, -0.2) is 11.8 Å². The topological polar surface area (TPSA) is 82.0 Å². The van der Waals surface area contributed by atoms with Crippen LogP contribution in [0.15, 0.2) is 59.5 Å². The van der Waals surface area contributed by atoms with Crippen molar-refractivity contribution in [3.05, 3.63) is 76.2 Å². The molecular formula is C31H33N3O2S2. The number of hydrogen-bond donors (Lipinski definition) is 2. The van der Waals surface area contributed by atoms with E-state index in [4.69, 9.17) is 0 Å². The molecule has 2 aliphatic rings. The Hall–Kier alpha value is -3.08. The van der Waals surface area contributed by atoms with Crippen LogP contribution in [-0.2, 0) is 22.4 Å². The molecule has 3 aromatic rings. The number of anilines is 2. The molecule has 0 spiro atoms. The smallest absolute Gasteiger partial charge is 0.243 e. The van der Waals surface area contributed by atoms with E-state index in [2.05, 4.69) is 23.6 Å². The van der Waals surface area contributed by atoms with Crippen LogP contribution >= 0.6 is 23.1 Å². The quantitative estimate of drug-likeness (QED) is 0.299. The van der Waals surface area contributed by atoms with Crippen molar-refractivity contribution >= 4 is 45.6 Å². The number of carbonyl (C=O) groups excluding carboxylic acids is 2. The van der Waals surface area contributed by atoms with Gasteiger partial charge in [0.15, 0.2) is 0 Å².